The van der Waals surface area contributed by atoms with Gasteiger partial charge in [0.15, 0.2) is 0 Å². The summed E-state index contributed by atoms with van der Waals surface area (Å²) >= 11 is 0. The van der Waals surface area contributed by atoms with Crippen molar-refractivity contribution in [3.05, 3.63) is 34.9 Å². The van der Waals surface area contributed by atoms with Crippen LogP contribution in [-0.2, 0) is 13.0 Å². The molecule has 0 aliphatic rings. The average molecular weight is 149 g/mol. The van der Waals surface area contributed by atoms with Gasteiger partial charge in [-0.05, 0) is 24.5 Å². The van der Waals surface area contributed by atoms with Crippen molar-refractivity contribution in [2.24, 2.45) is 5.73 Å². The molecule has 1 aromatic rings. The largest absolute Gasteiger partial charge is 0.326 e. The van der Waals surface area contributed by atoms with Crippen LogP contribution in [0.2, 0.25) is 0 Å². The van der Waals surface area contributed by atoms with Crippen LogP contribution in [0.5, 0.6) is 0 Å². The van der Waals surface area contributed by atoms with Crippen LogP contribution in [0.1, 0.15) is 23.6 Å². The molecule has 0 fully saturated rings. The maximum Gasteiger partial charge on any atom is 0.0180 e. The van der Waals surface area contributed by atoms with Crippen LogP contribution in [0, 0.1) is 6.92 Å². The lowest BCUT2D eigenvalue weighted by Crippen LogP contribution is -2.00. The molecule has 11 heavy (non-hydrogen) atoms. The predicted octanol–water partition coefficient (Wildman–Crippen LogP) is 2.02. The Balaban J connectivity index is 3.06. The molecule has 1 heteroatoms. The van der Waals surface area contributed by atoms with Gasteiger partial charge in [-0.1, -0.05) is 30.7 Å². The van der Waals surface area contributed by atoms with Gasteiger partial charge in [-0.15, -0.1) is 0 Å². The van der Waals surface area contributed by atoms with E-state index in [9.17, 15) is 0 Å². The molecule has 0 aliphatic carbocycles. The third-order valence-corrected chi connectivity index (χ3v) is 1.96. The monoisotopic (exact) mass is 149 g/mol. The van der Waals surface area contributed by atoms with E-state index in [1.165, 1.54) is 16.7 Å². The van der Waals surface area contributed by atoms with Crippen LogP contribution >= 0.6 is 0 Å². The lowest BCUT2D eigenvalue weighted by molar-refractivity contribution is 0.999. The molecule has 0 heterocycles. The van der Waals surface area contributed by atoms with Crippen LogP contribution in [0.3, 0.4) is 0 Å². The van der Waals surface area contributed by atoms with Crippen LogP contribution in [0.15, 0.2) is 18.2 Å². The topological polar surface area (TPSA) is 26.0 Å². The summed E-state index contributed by atoms with van der Waals surface area (Å²) in [5.41, 5.74) is 9.55. The van der Waals surface area contributed by atoms with Gasteiger partial charge in [0.25, 0.3) is 0 Å². The highest BCUT2D eigenvalue weighted by atomic mass is 14.5. The molecule has 0 aliphatic heterocycles. The predicted molar refractivity (Wildman–Crippen MR) is 48.4 cm³/mol. The van der Waals surface area contributed by atoms with E-state index in [4.69, 9.17) is 5.73 Å². The van der Waals surface area contributed by atoms with E-state index in [2.05, 4.69) is 32.0 Å². The summed E-state index contributed by atoms with van der Waals surface area (Å²) in [7, 11) is 0. The molecule has 0 spiro atoms. The first-order valence-electron chi connectivity index (χ1n) is 4.06. The molecule has 0 radical (unpaired) electrons. The van der Waals surface area contributed by atoms with Crippen LogP contribution < -0.4 is 5.73 Å². The highest BCUT2D eigenvalue weighted by Crippen LogP contribution is 2.11. The highest BCUT2D eigenvalue weighted by molar-refractivity contribution is 5.31. The summed E-state index contributed by atoms with van der Waals surface area (Å²) in [6, 6.07) is 6.44. The standard InChI is InChI=1S/C10H15N/c1-3-9-6-8(2)4-5-10(9)7-11/h4-6H,3,7,11H2,1-2H3. The van der Waals surface area contributed by atoms with E-state index >= 15 is 0 Å². The molecule has 0 amide bonds. The molecule has 1 rings (SSSR count). The van der Waals surface area contributed by atoms with E-state index in [-0.39, 0.29) is 0 Å². The third kappa shape index (κ3) is 1.81. The molecule has 0 saturated carbocycles. The highest BCUT2D eigenvalue weighted by Gasteiger charge is 1.97. The molecule has 0 saturated heterocycles. The van der Waals surface area contributed by atoms with Crippen molar-refractivity contribution in [1.29, 1.82) is 0 Å². The Labute approximate surface area is 68.2 Å². The minimum atomic E-state index is 0.656. The minimum Gasteiger partial charge on any atom is -0.326 e. The Morgan fingerprint density at radius 3 is 2.55 bits per heavy atom. The van der Waals surface area contributed by atoms with E-state index in [1.807, 2.05) is 0 Å². The number of nitrogens with two attached hydrogens (primary N) is 1. The Kier molecular flexibility index (Phi) is 2.66. The first kappa shape index (κ1) is 8.28. The van der Waals surface area contributed by atoms with Gasteiger partial charge in [-0.25, -0.2) is 0 Å². The summed E-state index contributed by atoms with van der Waals surface area (Å²) in [4.78, 5) is 0. The van der Waals surface area contributed by atoms with Crippen molar-refractivity contribution in [3.8, 4) is 0 Å². The van der Waals surface area contributed by atoms with Gasteiger partial charge < -0.3 is 5.73 Å². The number of hydrogen-bond acceptors (Lipinski definition) is 1. The first-order chi connectivity index (χ1) is 5.27. The molecule has 1 nitrogen and oxygen atoms in total. The molecule has 60 valence electrons. The second kappa shape index (κ2) is 3.54. The first-order valence-corrected chi connectivity index (χ1v) is 4.06. The second-order valence-corrected chi connectivity index (χ2v) is 2.83. The quantitative estimate of drug-likeness (QED) is 0.684. The van der Waals surface area contributed by atoms with Crippen LogP contribution in [0.4, 0.5) is 0 Å². The average Bonchev–Trinajstić information content (AvgIpc) is 2.04. The van der Waals surface area contributed by atoms with Gasteiger partial charge in [-0.3, -0.25) is 0 Å². The lowest BCUT2D eigenvalue weighted by atomic mass is 10.0. The number of benzene rings is 1. The summed E-state index contributed by atoms with van der Waals surface area (Å²) < 4.78 is 0. The van der Waals surface area contributed by atoms with E-state index in [0.717, 1.165) is 6.42 Å². The zero-order valence-corrected chi connectivity index (χ0v) is 7.22. The maximum atomic E-state index is 5.58. The fourth-order valence-electron chi connectivity index (χ4n) is 1.28. The van der Waals surface area contributed by atoms with E-state index in [1.54, 1.807) is 0 Å². The minimum absolute atomic E-state index is 0.656. The Hall–Kier alpha value is -0.820. The normalized spacial score (nSPS) is 10.1. The number of rotatable bonds is 2. The van der Waals surface area contributed by atoms with Crippen molar-refractivity contribution < 1.29 is 0 Å². The van der Waals surface area contributed by atoms with Crippen molar-refractivity contribution in [2.75, 3.05) is 0 Å². The van der Waals surface area contributed by atoms with Crippen LogP contribution in [-0.4, -0.2) is 0 Å². The zero-order valence-electron chi connectivity index (χ0n) is 7.22. The Morgan fingerprint density at radius 2 is 2.00 bits per heavy atom. The third-order valence-electron chi connectivity index (χ3n) is 1.96. The van der Waals surface area contributed by atoms with Crippen molar-refractivity contribution in [1.82, 2.24) is 0 Å². The van der Waals surface area contributed by atoms with Crippen LogP contribution in [0.25, 0.3) is 0 Å². The van der Waals surface area contributed by atoms with E-state index < -0.39 is 0 Å². The molecule has 2 N–H and O–H groups in total. The SMILES string of the molecule is CCc1cc(C)ccc1CN. The summed E-state index contributed by atoms with van der Waals surface area (Å²) in [5.74, 6) is 0. The van der Waals surface area contributed by atoms with Gasteiger partial charge in [0.2, 0.25) is 0 Å². The van der Waals surface area contributed by atoms with E-state index in [0.29, 0.717) is 6.54 Å². The molecule has 0 unspecified atom stereocenters. The maximum absolute atomic E-state index is 5.58. The fourth-order valence-corrected chi connectivity index (χ4v) is 1.28. The molecule has 0 bridgehead atoms. The van der Waals surface area contributed by atoms with Gasteiger partial charge in [-0.2, -0.15) is 0 Å². The molecule has 1 aromatic carbocycles. The number of aryl methyl sites for hydroxylation is 2. The lowest BCUT2D eigenvalue weighted by Gasteiger charge is -2.05. The van der Waals surface area contributed by atoms with Gasteiger partial charge >= 0.3 is 0 Å². The Morgan fingerprint density at radius 1 is 1.27 bits per heavy atom. The molecular formula is C10H15N. The smallest absolute Gasteiger partial charge is 0.0180 e. The van der Waals surface area contributed by atoms with Crippen molar-refractivity contribution in [3.63, 3.8) is 0 Å². The van der Waals surface area contributed by atoms with Gasteiger partial charge in [0.1, 0.15) is 0 Å². The second-order valence-electron chi connectivity index (χ2n) is 2.83. The molecule has 0 atom stereocenters. The Bertz CT molecular complexity index is 241. The fraction of sp³-hybridized carbons (Fsp3) is 0.400. The van der Waals surface area contributed by atoms with Gasteiger partial charge in [0.05, 0.1) is 0 Å². The summed E-state index contributed by atoms with van der Waals surface area (Å²) in [5, 5.41) is 0. The summed E-state index contributed by atoms with van der Waals surface area (Å²) in [6.07, 6.45) is 1.08. The number of hydrogen-bond donors (Lipinski definition) is 1. The molecule has 0 aromatic heterocycles. The summed E-state index contributed by atoms with van der Waals surface area (Å²) in [6.45, 7) is 4.93. The van der Waals surface area contributed by atoms with Crippen molar-refractivity contribution >= 4 is 0 Å². The van der Waals surface area contributed by atoms with Crippen molar-refractivity contribution in [2.45, 2.75) is 26.8 Å². The van der Waals surface area contributed by atoms with Gasteiger partial charge in [0, 0.05) is 6.54 Å². The molecular weight excluding hydrogens is 134 g/mol. The zero-order chi connectivity index (χ0) is 8.27.